The summed E-state index contributed by atoms with van der Waals surface area (Å²) < 4.78 is 30.6. The molecule has 2 heterocycles. The predicted octanol–water partition coefficient (Wildman–Crippen LogP) is 8.98. The van der Waals surface area contributed by atoms with Crippen LogP contribution >= 0.6 is 0 Å². The molecule has 0 N–H and O–H groups in total. The number of aryl methyl sites for hydroxylation is 1. The van der Waals surface area contributed by atoms with Crippen LogP contribution in [0.15, 0.2) is 48.5 Å². The quantitative estimate of drug-likeness (QED) is 0.173. The van der Waals surface area contributed by atoms with Crippen LogP contribution in [0, 0.1) is 0 Å². The molecule has 2 saturated heterocycles. The highest BCUT2D eigenvalue weighted by molar-refractivity contribution is 5.29. The van der Waals surface area contributed by atoms with Gasteiger partial charge in [0.25, 0.3) is 0 Å². The molecule has 222 valence electrons. The highest BCUT2D eigenvalue weighted by Crippen LogP contribution is 2.36. The first kappa shape index (κ1) is 30.9. The summed E-state index contributed by atoms with van der Waals surface area (Å²) in [6, 6.07) is 16.9. The monoisotopic (exact) mass is 552 g/mol. The van der Waals surface area contributed by atoms with Gasteiger partial charge >= 0.3 is 0 Å². The Hall–Kier alpha value is -2.08. The third-order valence-corrected chi connectivity index (χ3v) is 8.12. The van der Waals surface area contributed by atoms with E-state index in [2.05, 4.69) is 62.4 Å². The Kier molecular flexibility index (Phi) is 13.6. The predicted molar refractivity (Wildman–Crippen MR) is 161 cm³/mol. The molecule has 0 spiro atoms. The number of fused-ring (bicyclic) bond motifs is 1. The van der Waals surface area contributed by atoms with Gasteiger partial charge in [-0.3, -0.25) is 0 Å². The van der Waals surface area contributed by atoms with E-state index < -0.39 is 0 Å². The van der Waals surface area contributed by atoms with E-state index in [4.69, 9.17) is 23.7 Å². The zero-order valence-electron chi connectivity index (χ0n) is 25.0. The minimum absolute atomic E-state index is 0.00688. The minimum atomic E-state index is -0.168. The van der Waals surface area contributed by atoms with E-state index in [1.54, 1.807) is 0 Å². The maximum absolute atomic E-state index is 6.43. The Morgan fingerprint density at radius 3 is 1.93 bits per heavy atom. The molecule has 2 fully saturated rings. The number of ether oxygens (including phenoxy) is 5. The van der Waals surface area contributed by atoms with Crippen molar-refractivity contribution in [1.29, 1.82) is 0 Å². The van der Waals surface area contributed by atoms with Gasteiger partial charge in [0.1, 0.15) is 17.6 Å². The molecule has 5 nitrogen and oxygen atoms in total. The molecule has 0 unspecified atom stereocenters. The van der Waals surface area contributed by atoms with Gasteiger partial charge < -0.3 is 23.7 Å². The van der Waals surface area contributed by atoms with Crippen LogP contribution in [0.25, 0.3) is 0 Å². The number of benzene rings is 2. The topological polar surface area (TPSA) is 46.2 Å². The van der Waals surface area contributed by atoms with Gasteiger partial charge in [0.2, 0.25) is 0 Å². The first-order valence-electron chi connectivity index (χ1n) is 16.1. The Balaban J connectivity index is 1.11. The summed E-state index contributed by atoms with van der Waals surface area (Å²) in [5.74, 6) is 1.90. The van der Waals surface area contributed by atoms with Crippen LogP contribution in [0.3, 0.4) is 0 Å². The third-order valence-electron chi connectivity index (χ3n) is 8.12. The standard InChI is InChI=1S/C35H52O5/c1-3-5-7-9-10-12-26-36-30-18-13-28(14-19-30)15-24-35-38-27-34-33(40-35)23-22-32(39-34)29-16-20-31(21-17-29)37-25-11-8-6-4-2/h13-14,16-21,32-35H,3-12,15,22-27H2,1-2H3/t32-,33+,34-,35-/m1/s1. The molecule has 2 aromatic rings. The van der Waals surface area contributed by atoms with E-state index in [9.17, 15) is 0 Å². The number of rotatable bonds is 18. The van der Waals surface area contributed by atoms with E-state index in [0.29, 0.717) is 6.61 Å². The van der Waals surface area contributed by atoms with E-state index in [0.717, 1.165) is 63.2 Å². The maximum atomic E-state index is 6.43. The summed E-state index contributed by atoms with van der Waals surface area (Å²) in [7, 11) is 0. The average Bonchev–Trinajstić information content (AvgIpc) is 3.00. The zero-order chi connectivity index (χ0) is 27.8. The Labute approximate surface area is 242 Å². The summed E-state index contributed by atoms with van der Waals surface area (Å²) in [6.07, 6.45) is 16.3. The fourth-order valence-corrected chi connectivity index (χ4v) is 5.61. The molecule has 0 bridgehead atoms. The normalized spacial score (nSPS) is 22.6. The lowest BCUT2D eigenvalue weighted by molar-refractivity contribution is -0.286. The molecular formula is C35H52O5. The van der Waals surface area contributed by atoms with Crippen molar-refractivity contribution in [2.75, 3.05) is 19.8 Å². The second-order valence-corrected chi connectivity index (χ2v) is 11.5. The van der Waals surface area contributed by atoms with Crippen LogP contribution in [0.5, 0.6) is 11.5 Å². The molecule has 40 heavy (non-hydrogen) atoms. The Morgan fingerprint density at radius 1 is 0.650 bits per heavy atom. The van der Waals surface area contributed by atoms with E-state index in [1.165, 1.54) is 62.5 Å². The van der Waals surface area contributed by atoms with Gasteiger partial charge in [-0.05, 0) is 67.5 Å². The first-order chi connectivity index (χ1) is 19.7. The van der Waals surface area contributed by atoms with Crippen molar-refractivity contribution in [3.8, 4) is 11.5 Å². The smallest absolute Gasteiger partial charge is 0.158 e. The molecular weight excluding hydrogens is 500 g/mol. The Morgan fingerprint density at radius 2 is 1.25 bits per heavy atom. The summed E-state index contributed by atoms with van der Waals surface area (Å²) in [4.78, 5) is 0. The summed E-state index contributed by atoms with van der Waals surface area (Å²) >= 11 is 0. The second-order valence-electron chi connectivity index (χ2n) is 11.5. The summed E-state index contributed by atoms with van der Waals surface area (Å²) in [5, 5.41) is 0. The molecule has 2 aliphatic heterocycles. The minimum Gasteiger partial charge on any atom is -0.494 e. The van der Waals surface area contributed by atoms with E-state index in [1.807, 2.05) is 0 Å². The molecule has 0 aliphatic carbocycles. The van der Waals surface area contributed by atoms with Crippen LogP contribution in [-0.2, 0) is 20.6 Å². The van der Waals surface area contributed by atoms with Gasteiger partial charge in [-0.1, -0.05) is 89.5 Å². The lowest BCUT2D eigenvalue weighted by atomic mass is 9.95. The highest BCUT2D eigenvalue weighted by atomic mass is 16.7. The van der Waals surface area contributed by atoms with Crippen LogP contribution in [-0.4, -0.2) is 38.3 Å². The van der Waals surface area contributed by atoms with Crippen molar-refractivity contribution < 1.29 is 23.7 Å². The SMILES string of the molecule is CCCCCCCCOc1ccc(CC[C@@H]2OC[C@H]3O[C@@H](c4ccc(OCCCCCC)cc4)CC[C@@H]3O2)cc1. The maximum Gasteiger partial charge on any atom is 0.158 e. The number of hydrogen-bond donors (Lipinski definition) is 0. The average molecular weight is 553 g/mol. The third kappa shape index (κ3) is 10.4. The molecule has 4 atom stereocenters. The van der Waals surface area contributed by atoms with Crippen molar-refractivity contribution in [2.45, 2.75) is 128 Å². The van der Waals surface area contributed by atoms with Crippen molar-refractivity contribution >= 4 is 0 Å². The van der Waals surface area contributed by atoms with Gasteiger partial charge in [-0.25, -0.2) is 0 Å². The molecule has 0 aromatic heterocycles. The molecule has 2 aliphatic rings. The van der Waals surface area contributed by atoms with Gasteiger partial charge in [0.15, 0.2) is 6.29 Å². The van der Waals surface area contributed by atoms with Crippen LogP contribution in [0.1, 0.15) is 115 Å². The van der Waals surface area contributed by atoms with Crippen molar-refractivity contribution in [3.05, 3.63) is 59.7 Å². The molecule has 5 heteroatoms. The van der Waals surface area contributed by atoms with E-state index >= 15 is 0 Å². The van der Waals surface area contributed by atoms with Gasteiger partial charge in [-0.15, -0.1) is 0 Å². The highest BCUT2D eigenvalue weighted by Gasteiger charge is 2.38. The molecule has 0 amide bonds. The van der Waals surface area contributed by atoms with Gasteiger partial charge in [0, 0.05) is 6.42 Å². The van der Waals surface area contributed by atoms with Gasteiger partial charge in [0.05, 0.1) is 32.0 Å². The fourth-order valence-electron chi connectivity index (χ4n) is 5.61. The first-order valence-corrected chi connectivity index (χ1v) is 16.1. The van der Waals surface area contributed by atoms with Crippen LogP contribution in [0.2, 0.25) is 0 Å². The van der Waals surface area contributed by atoms with E-state index in [-0.39, 0.29) is 24.6 Å². The van der Waals surface area contributed by atoms with Crippen molar-refractivity contribution in [1.82, 2.24) is 0 Å². The largest absolute Gasteiger partial charge is 0.494 e. The molecule has 4 rings (SSSR count). The Bertz CT molecular complexity index is 928. The second kappa shape index (κ2) is 17.7. The lowest BCUT2D eigenvalue weighted by Gasteiger charge is -2.42. The molecule has 0 saturated carbocycles. The lowest BCUT2D eigenvalue weighted by Crippen LogP contribution is -2.48. The fraction of sp³-hybridized carbons (Fsp3) is 0.657. The van der Waals surface area contributed by atoms with Crippen molar-refractivity contribution in [3.63, 3.8) is 0 Å². The van der Waals surface area contributed by atoms with Gasteiger partial charge in [-0.2, -0.15) is 0 Å². The molecule has 0 radical (unpaired) electrons. The number of unbranched alkanes of at least 4 members (excludes halogenated alkanes) is 8. The summed E-state index contributed by atoms with van der Waals surface area (Å²) in [5.41, 5.74) is 2.49. The number of hydrogen-bond acceptors (Lipinski definition) is 5. The van der Waals surface area contributed by atoms with Crippen LogP contribution in [0.4, 0.5) is 0 Å². The zero-order valence-corrected chi connectivity index (χ0v) is 25.0. The molecule has 2 aromatic carbocycles. The van der Waals surface area contributed by atoms with Crippen LogP contribution < -0.4 is 9.47 Å². The summed E-state index contributed by atoms with van der Waals surface area (Å²) in [6.45, 7) is 6.67. The van der Waals surface area contributed by atoms with Crippen molar-refractivity contribution in [2.24, 2.45) is 0 Å².